The smallest absolute Gasteiger partial charge is 0.255 e. The summed E-state index contributed by atoms with van der Waals surface area (Å²) < 4.78 is 5.13. The fourth-order valence-electron chi connectivity index (χ4n) is 4.75. The lowest BCUT2D eigenvalue weighted by atomic mass is 9.95. The quantitative estimate of drug-likeness (QED) is 0.720. The van der Waals surface area contributed by atoms with Gasteiger partial charge in [0.1, 0.15) is 6.04 Å². The normalized spacial score (nSPS) is 24.2. The number of imide groups is 1. The Morgan fingerprint density at radius 2 is 1.87 bits per heavy atom. The highest BCUT2D eigenvalue weighted by molar-refractivity contribution is 6.05. The highest BCUT2D eigenvalue weighted by Crippen LogP contribution is 2.28. The van der Waals surface area contributed by atoms with Crippen molar-refractivity contribution in [2.45, 2.75) is 70.5 Å². The Bertz CT molecular complexity index is 830. The third kappa shape index (κ3) is 5.33. The zero-order valence-corrected chi connectivity index (χ0v) is 18.3. The highest BCUT2D eigenvalue weighted by atomic mass is 16.5. The summed E-state index contributed by atoms with van der Waals surface area (Å²) in [4.78, 5) is 36.8. The maximum absolute atomic E-state index is 12.3. The first kappa shape index (κ1) is 22.0. The zero-order valence-electron chi connectivity index (χ0n) is 18.3. The summed E-state index contributed by atoms with van der Waals surface area (Å²) in [5.74, 6) is 0.0619. The van der Waals surface area contributed by atoms with Crippen molar-refractivity contribution in [3.05, 3.63) is 34.9 Å². The summed E-state index contributed by atoms with van der Waals surface area (Å²) >= 11 is 0. The van der Waals surface area contributed by atoms with E-state index >= 15 is 0 Å². The van der Waals surface area contributed by atoms with E-state index in [1.807, 2.05) is 19.1 Å². The van der Waals surface area contributed by atoms with Crippen LogP contribution >= 0.6 is 0 Å². The van der Waals surface area contributed by atoms with Crippen LogP contribution in [-0.4, -0.2) is 54.5 Å². The molecule has 0 radical (unpaired) electrons. The van der Waals surface area contributed by atoms with Crippen LogP contribution < -0.4 is 10.6 Å². The number of ether oxygens (including phenoxy) is 1. The molecule has 3 aliphatic heterocycles. The van der Waals surface area contributed by atoms with Crippen molar-refractivity contribution in [2.24, 2.45) is 5.92 Å². The Kier molecular flexibility index (Phi) is 7.02. The number of fused-ring (bicyclic) bond motifs is 1. The molecule has 1 atom stereocenters. The van der Waals surface area contributed by atoms with Crippen molar-refractivity contribution >= 4 is 17.7 Å². The Balaban J connectivity index is 0.000000166. The van der Waals surface area contributed by atoms with E-state index in [2.05, 4.69) is 10.6 Å². The fourth-order valence-corrected chi connectivity index (χ4v) is 4.75. The minimum absolute atomic E-state index is 0.121. The Morgan fingerprint density at radius 1 is 1.10 bits per heavy atom. The van der Waals surface area contributed by atoms with E-state index in [-0.39, 0.29) is 24.1 Å². The molecule has 3 heterocycles. The van der Waals surface area contributed by atoms with Gasteiger partial charge in [-0.2, -0.15) is 0 Å². The van der Waals surface area contributed by atoms with Crippen LogP contribution in [0.25, 0.3) is 0 Å². The van der Waals surface area contributed by atoms with Gasteiger partial charge in [-0.25, -0.2) is 0 Å². The topological polar surface area (TPSA) is 87.7 Å². The molecule has 31 heavy (non-hydrogen) atoms. The summed E-state index contributed by atoms with van der Waals surface area (Å²) in [5.41, 5.74) is 2.71. The van der Waals surface area contributed by atoms with Crippen LogP contribution in [0.4, 0.5) is 0 Å². The van der Waals surface area contributed by atoms with E-state index in [1.165, 1.54) is 38.6 Å². The fraction of sp³-hybridized carbons (Fsp3) is 0.625. The van der Waals surface area contributed by atoms with Crippen molar-refractivity contribution in [3.63, 3.8) is 0 Å². The summed E-state index contributed by atoms with van der Waals surface area (Å²) in [6.07, 6.45) is 7.79. The predicted octanol–water partition coefficient (Wildman–Crippen LogP) is 2.31. The number of carbonyl (C=O) groups excluding carboxylic acids is 3. The molecular formula is C24H33N3O4. The van der Waals surface area contributed by atoms with Crippen molar-refractivity contribution in [1.29, 1.82) is 0 Å². The monoisotopic (exact) mass is 427 g/mol. The van der Waals surface area contributed by atoms with Gasteiger partial charge in [-0.15, -0.1) is 0 Å². The van der Waals surface area contributed by atoms with Crippen LogP contribution in [0.2, 0.25) is 0 Å². The Labute approximate surface area is 183 Å². The largest absolute Gasteiger partial charge is 0.381 e. The Morgan fingerprint density at radius 3 is 2.55 bits per heavy atom. The van der Waals surface area contributed by atoms with E-state index in [0.29, 0.717) is 18.5 Å². The van der Waals surface area contributed by atoms with Gasteiger partial charge < -0.3 is 15.0 Å². The number of amides is 3. The number of rotatable bonds is 4. The molecule has 4 aliphatic rings. The number of piperidine rings is 1. The van der Waals surface area contributed by atoms with Gasteiger partial charge in [0.15, 0.2) is 0 Å². The molecular weight excluding hydrogens is 394 g/mol. The minimum atomic E-state index is -0.530. The number of nitrogens with one attached hydrogen (secondary N) is 2. The van der Waals surface area contributed by atoms with Crippen LogP contribution in [0.3, 0.4) is 0 Å². The van der Waals surface area contributed by atoms with E-state index in [9.17, 15) is 14.4 Å². The second kappa shape index (κ2) is 9.92. The van der Waals surface area contributed by atoms with E-state index in [4.69, 9.17) is 4.74 Å². The van der Waals surface area contributed by atoms with Crippen LogP contribution in [0.1, 0.15) is 66.4 Å². The van der Waals surface area contributed by atoms with Crippen molar-refractivity contribution in [1.82, 2.24) is 15.5 Å². The first-order valence-electron chi connectivity index (χ1n) is 11.6. The van der Waals surface area contributed by atoms with Crippen LogP contribution in [-0.2, 0) is 20.9 Å². The molecule has 2 N–H and O–H groups in total. The lowest BCUT2D eigenvalue weighted by Crippen LogP contribution is -2.52. The van der Waals surface area contributed by atoms with Gasteiger partial charge in [-0.1, -0.05) is 37.0 Å². The summed E-state index contributed by atoms with van der Waals surface area (Å²) in [7, 11) is 0. The molecule has 1 aliphatic carbocycles. The first-order chi connectivity index (χ1) is 15.0. The molecule has 2 saturated heterocycles. The van der Waals surface area contributed by atoms with Gasteiger partial charge in [-0.05, 0) is 37.8 Å². The van der Waals surface area contributed by atoms with E-state index in [1.54, 1.807) is 11.0 Å². The van der Waals surface area contributed by atoms with Gasteiger partial charge in [-0.3, -0.25) is 19.7 Å². The average Bonchev–Trinajstić information content (AvgIpc) is 3.03. The number of hydrogen-bond acceptors (Lipinski definition) is 5. The second-order valence-corrected chi connectivity index (χ2v) is 9.21. The molecule has 5 rings (SSSR count). The van der Waals surface area contributed by atoms with Crippen molar-refractivity contribution < 1.29 is 19.1 Å². The van der Waals surface area contributed by atoms with Gasteiger partial charge in [0.05, 0.1) is 13.2 Å². The van der Waals surface area contributed by atoms with Gasteiger partial charge in [0.25, 0.3) is 5.91 Å². The molecule has 7 heteroatoms. The molecule has 1 unspecified atom stereocenters. The molecule has 1 aromatic rings. The standard InChI is InChI=1S/C14H14N2O3.C10H19NO/c1-8-2-3-10-9(6-8)7-16(14(10)19)11-4-5-12(17)15-13(11)18;1-2-4-10(5-3-1)11-6-9-7-12-8-9/h2-3,6,11H,4-5,7H2,1H3,(H,15,17,18);9-11H,1-8H2. The summed E-state index contributed by atoms with van der Waals surface area (Å²) in [6, 6.07) is 5.96. The summed E-state index contributed by atoms with van der Waals surface area (Å²) in [6.45, 7) is 5.58. The van der Waals surface area contributed by atoms with E-state index in [0.717, 1.165) is 36.3 Å². The van der Waals surface area contributed by atoms with Gasteiger partial charge >= 0.3 is 0 Å². The molecule has 7 nitrogen and oxygen atoms in total. The average molecular weight is 428 g/mol. The molecule has 1 aromatic carbocycles. The lowest BCUT2D eigenvalue weighted by molar-refractivity contribution is -0.136. The van der Waals surface area contributed by atoms with E-state index < -0.39 is 6.04 Å². The van der Waals surface area contributed by atoms with Gasteiger partial charge in [0, 0.05) is 37.0 Å². The molecule has 3 fully saturated rings. The molecule has 168 valence electrons. The maximum atomic E-state index is 12.3. The molecule has 0 bridgehead atoms. The maximum Gasteiger partial charge on any atom is 0.255 e. The van der Waals surface area contributed by atoms with Crippen LogP contribution in [0, 0.1) is 12.8 Å². The van der Waals surface area contributed by atoms with Crippen LogP contribution in [0.15, 0.2) is 18.2 Å². The van der Waals surface area contributed by atoms with Crippen LogP contribution in [0.5, 0.6) is 0 Å². The molecule has 0 aromatic heterocycles. The Hall–Kier alpha value is -2.25. The number of aryl methyl sites for hydroxylation is 1. The molecule has 0 spiro atoms. The van der Waals surface area contributed by atoms with Crippen molar-refractivity contribution in [3.8, 4) is 0 Å². The number of nitrogens with zero attached hydrogens (tertiary/aromatic N) is 1. The highest BCUT2D eigenvalue weighted by Gasteiger charge is 2.38. The first-order valence-corrected chi connectivity index (χ1v) is 11.6. The number of hydrogen-bond donors (Lipinski definition) is 2. The summed E-state index contributed by atoms with van der Waals surface area (Å²) in [5, 5.41) is 5.94. The third-order valence-corrected chi connectivity index (χ3v) is 6.69. The SMILES string of the molecule is C1CCC(NCC2COC2)CC1.Cc1ccc2c(c1)CN(C1CCC(=O)NC1=O)C2=O. The zero-order chi connectivity index (χ0) is 21.8. The van der Waals surface area contributed by atoms with Gasteiger partial charge in [0.2, 0.25) is 11.8 Å². The lowest BCUT2D eigenvalue weighted by Gasteiger charge is -2.30. The molecule has 3 amide bonds. The minimum Gasteiger partial charge on any atom is -0.381 e. The molecule has 1 saturated carbocycles. The number of carbonyl (C=O) groups is 3. The second-order valence-electron chi connectivity index (χ2n) is 9.21. The predicted molar refractivity (Wildman–Crippen MR) is 116 cm³/mol. The number of benzene rings is 1. The van der Waals surface area contributed by atoms with Crippen molar-refractivity contribution in [2.75, 3.05) is 19.8 Å². The third-order valence-electron chi connectivity index (χ3n) is 6.69.